The van der Waals surface area contributed by atoms with E-state index in [0.29, 0.717) is 23.1 Å². The van der Waals surface area contributed by atoms with Crippen LogP contribution in [0.2, 0.25) is 0 Å². The monoisotopic (exact) mass is 398 g/mol. The van der Waals surface area contributed by atoms with Crippen LogP contribution in [-0.2, 0) is 6.42 Å². The smallest absolute Gasteiger partial charge is 0.311 e. The van der Waals surface area contributed by atoms with Crippen molar-refractivity contribution in [2.75, 3.05) is 0 Å². The van der Waals surface area contributed by atoms with E-state index in [4.69, 9.17) is 0 Å². The van der Waals surface area contributed by atoms with E-state index < -0.39 is 22.9 Å². The lowest BCUT2D eigenvalue weighted by Gasteiger charge is -2.33. The number of aromatic amines is 2. The summed E-state index contributed by atoms with van der Waals surface area (Å²) in [6.07, 6.45) is 13.5. The van der Waals surface area contributed by atoms with Crippen LogP contribution in [-0.4, -0.2) is 9.97 Å². The first-order valence-electron chi connectivity index (χ1n) is 10.1. The Morgan fingerprint density at radius 3 is 2.48 bits per heavy atom. The molecule has 0 spiro atoms. The second kappa shape index (κ2) is 8.31. The summed E-state index contributed by atoms with van der Waals surface area (Å²) in [7, 11) is 0. The highest BCUT2D eigenvalue weighted by molar-refractivity contribution is 5.30. The number of allylic oxidation sites excluding steroid dienone is 4. The zero-order valence-corrected chi connectivity index (χ0v) is 16.1. The van der Waals surface area contributed by atoms with Crippen molar-refractivity contribution in [3.8, 4) is 0 Å². The van der Waals surface area contributed by atoms with E-state index in [-0.39, 0.29) is 17.9 Å². The summed E-state index contributed by atoms with van der Waals surface area (Å²) in [5, 5.41) is 0. The number of H-pyrrole nitrogens is 2. The van der Waals surface area contributed by atoms with Crippen LogP contribution in [0.1, 0.15) is 54.8 Å². The van der Waals surface area contributed by atoms with Gasteiger partial charge in [0.15, 0.2) is 0 Å². The van der Waals surface area contributed by atoms with E-state index >= 15 is 0 Å². The number of halogens is 2. The van der Waals surface area contributed by atoms with Crippen LogP contribution < -0.4 is 11.2 Å². The van der Waals surface area contributed by atoms with E-state index in [1.807, 2.05) is 0 Å². The summed E-state index contributed by atoms with van der Waals surface area (Å²) < 4.78 is 27.4. The average Bonchev–Trinajstić information content (AvgIpc) is 2.72. The fraction of sp³-hybridized carbons (Fsp3) is 0.391. The molecule has 0 saturated heterocycles. The summed E-state index contributed by atoms with van der Waals surface area (Å²) in [5.41, 5.74) is 0.142. The Hall–Kier alpha value is -2.76. The first-order valence-corrected chi connectivity index (χ1v) is 10.1. The fourth-order valence-corrected chi connectivity index (χ4v) is 4.69. The maximum Gasteiger partial charge on any atom is 0.325 e. The molecule has 1 aromatic heterocycles. The third kappa shape index (κ3) is 4.31. The van der Waals surface area contributed by atoms with Gasteiger partial charge in [-0.3, -0.25) is 9.78 Å². The zero-order valence-electron chi connectivity index (χ0n) is 16.1. The van der Waals surface area contributed by atoms with E-state index in [9.17, 15) is 18.4 Å². The van der Waals surface area contributed by atoms with Gasteiger partial charge in [0.25, 0.3) is 5.56 Å². The van der Waals surface area contributed by atoms with Gasteiger partial charge < -0.3 is 4.98 Å². The highest BCUT2D eigenvalue weighted by Gasteiger charge is 2.29. The molecule has 1 fully saturated rings. The molecule has 2 aliphatic rings. The van der Waals surface area contributed by atoms with E-state index in [0.717, 1.165) is 38.2 Å². The SMILES string of the molecule is O=c1[nH]c(C2CCC(C3C=CC=CC3)CC2)c(Cc2ccc(F)cc2F)c(=O)[nH]1. The van der Waals surface area contributed by atoms with Gasteiger partial charge in [-0.2, -0.15) is 0 Å². The number of hydrogen-bond donors (Lipinski definition) is 2. The average molecular weight is 398 g/mol. The molecule has 2 aliphatic carbocycles. The minimum atomic E-state index is -0.692. The Morgan fingerprint density at radius 2 is 1.79 bits per heavy atom. The van der Waals surface area contributed by atoms with E-state index in [1.54, 1.807) is 0 Å². The van der Waals surface area contributed by atoms with Gasteiger partial charge in [-0.25, -0.2) is 13.6 Å². The summed E-state index contributed by atoms with van der Waals surface area (Å²) in [4.78, 5) is 29.5. The highest BCUT2D eigenvalue weighted by atomic mass is 19.1. The zero-order chi connectivity index (χ0) is 20.4. The molecule has 4 nitrogen and oxygen atoms in total. The minimum absolute atomic E-state index is 0.0175. The number of nitrogens with one attached hydrogen (secondary N) is 2. The molecule has 1 saturated carbocycles. The van der Waals surface area contributed by atoms with Crippen molar-refractivity contribution in [3.05, 3.63) is 91.8 Å². The third-order valence-corrected chi connectivity index (χ3v) is 6.26. The van der Waals surface area contributed by atoms with Gasteiger partial charge in [-0.05, 0) is 61.5 Å². The Morgan fingerprint density at radius 1 is 1.00 bits per heavy atom. The first-order chi connectivity index (χ1) is 14.0. The van der Waals surface area contributed by atoms with Gasteiger partial charge in [-0.1, -0.05) is 30.4 Å². The second-order valence-corrected chi connectivity index (χ2v) is 8.04. The summed E-state index contributed by atoms with van der Waals surface area (Å²) in [6, 6.07) is 3.33. The predicted molar refractivity (Wildman–Crippen MR) is 108 cm³/mol. The van der Waals surface area contributed by atoms with Crippen molar-refractivity contribution < 1.29 is 8.78 Å². The van der Waals surface area contributed by atoms with Crippen molar-refractivity contribution in [2.45, 2.75) is 44.4 Å². The van der Waals surface area contributed by atoms with Crippen molar-refractivity contribution in [1.82, 2.24) is 9.97 Å². The Labute approximate surface area is 167 Å². The number of rotatable bonds is 4. The van der Waals surface area contributed by atoms with Crippen LogP contribution in [0.15, 0.2) is 52.1 Å². The molecule has 4 rings (SSSR count). The fourth-order valence-electron chi connectivity index (χ4n) is 4.69. The summed E-state index contributed by atoms with van der Waals surface area (Å²) >= 11 is 0. The van der Waals surface area contributed by atoms with E-state index in [2.05, 4.69) is 34.3 Å². The lowest BCUT2D eigenvalue weighted by molar-refractivity contribution is 0.262. The number of benzene rings is 1. The first kappa shape index (κ1) is 19.6. The molecule has 1 heterocycles. The molecule has 6 heteroatoms. The van der Waals surface area contributed by atoms with Crippen LogP contribution in [0.3, 0.4) is 0 Å². The van der Waals surface area contributed by atoms with Gasteiger partial charge >= 0.3 is 5.69 Å². The van der Waals surface area contributed by atoms with Crippen LogP contribution in [0, 0.1) is 23.5 Å². The lowest BCUT2D eigenvalue weighted by atomic mass is 9.72. The molecule has 1 atom stereocenters. The standard InChI is InChI=1S/C23H24F2N2O2/c24-18-11-10-17(20(25)13-18)12-19-21(26-23(29)27-22(19)28)16-8-6-15(7-9-16)14-4-2-1-3-5-14/h1-4,10-11,13-16H,5-9,12H2,(H2,26,27,28,29). The quantitative estimate of drug-likeness (QED) is 0.805. The molecule has 0 radical (unpaired) electrons. The minimum Gasteiger partial charge on any atom is -0.311 e. The van der Waals surface area contributed by atoms with Gasteiger partial charge in [-0.15, -0.1) is 0 Å². The normalized spacial score (nSPS) is 24.0. The molecule has 1 aromatic carbocycles. The number of hydrogen-bond acceptors (Lipinski definition) is 2. The van der Waals surface area contributed by atoms with Crippen molar-refractivity contribution in [2.24, 2.45) is 11.8 Å². The Bertz CT molecular complexity index is 1060. The maximum absolute atomic E-state index is 14.1. The highest BCUT2D eigenvalue weighted by Crippen LogP contribution is 2.40. The lowest BCUT2D eigenvalue weighted by Crippen LogP contribution is -2.31. The molecule has 0 bridgehead atoms. The molecule has 0 aliphatic heterocycles. The van der Waals surface area contributed by atoms with Crippen molar-refractivity contribution >= 4 is 0 Å². The molecule has 1 unspecified atom stereocenters. The Kier molecular flexibility index (Phi) is 5.60. The predicted octanol–water partition coefficient (Wildman–Crippen LogP) is 4.34. The molecule has 0 amide bonds. The maximum atomic E-state index is 14.1. The van der Waals surface area contributed by atoms with Crippen LogP contribution in [0.25, 0.3) is 0 Å². The van der Waals surface area contributed by atoms with Crippen LogP contribution in [0.5, 0.6) is 0 Å². The van der Waals surface area contributed by atoms with Gasteiger partial charge in [0, 0.05) is 23.7 Å². The largest absolute Gasteiger partial charge is 0.325 e. The molecular weight excluding hydrogens is 374 g/mol. The third-order valence-electron chi connectivity index (χ3n) is 6.26. The van der Waals surface area contributed by atoms with Crippen LogP contribution >= 0.6 is 0 Å². The number of aromatic nitrogens is 2. The molecular formula is C23H24F2N2O2. The van der Waals surface area contributed by atoms with Gasteiger partial charge in [0.1, 0.15) is 11.6 Å². The van der Waals surface area contributed by atoms with Gasteiger partial charge in [0.2, 0.25) is 0 Å². The van der Waals surface area contributed by atoms with Crippen molar-refractivity contribution in [3.63, 3.8) is 0 Å². The topological polar surface area (TPSA) is 65.7 Å². The molecule has 2 N–H and O–H groups in total. The van der Waals surface area contributed by atoms with Crippen molar-refractivity contribution in [1.29, 1.82) is 0 Å². The summed E-state index contributed by atoms with van der Waals surface area (Å²) in [5.74, 6) is -0.150. The second-order valence-electron chi connectivity index (χ2n) is 8.04. The summed E-state index contributed by atoms with van der Waals surface area (Å²) in [6.45, 7) is 0. The molecule has 29 heavy (non-hydrogen) atoms. The van der Waals surface area contributed by atoms with Crippen LogP contribution in [0.4, 0.5) is 8.78 Å². The van der Waals surface area contributed by atoms with E-state index in [1.165, 1.54) is 12.1 Å². The van der Waals surface area contributed by atoms with Gasteiger partial charge in [0.05, 0.1) is 0 Å². The molecule has 152 valence electrons. The molecule has 2 aromatic rings. The Balaban J connectivity index is 1.57.